The Labute approximate surface area is 167 Å². The van der Waals surface area contributed by atoms with Gasteiger partial charge in [0.2, 0.25) is 0 Å². The van der Waals surface area contributed by atoms with E-state index in [9.17, 15) is 4.79 Å². The molecule has 3 rings (SSSR count). The van der Waals surface area contributed by atoms with Crippen LogP contribution in [-0.2, 0) is 11.3 Å². The molecular formula is C18H24N6O3S. The van der Waals surface area contributed by atoms with Gasteiger partial charge in [-0.25, -0.2) is 14.6 Å². The molecule has 3 aromatic heterocycles. The molecule has 28 heavy (non-hydrogen) atoms. The van der Waals surface area contributed by atoms with E-state index in [2.05, 4.69) is 32.6 Å². The van der Waals surface area contributed by atoms with Crippen molar-refractivity contribution in [3.05, 3.63) is 30.4 Å². The summed E-state index contributed by atoms with van der Waals surface area (Å²) in [4.78, 5) is 21.2. The van der Waals surface area contributed by atoms with E-state index in [-0.39, 0.29) is 11.7 Å². The Kier molecular flexibility index (Phi) is 7.26. The van der Waals surface area contributed by atoms with Gasteiger partial charge in [0.25, 0.3) is 5.91 Å². The predicted octanol–water partition coefficient (Wildman–Crippen LogP) is 2.41. The molecule has 0 atom stereocenters. The van der Waals surface area contributed by atoms with Crippen molar-refractivity contribution >= 4 is 34.5 Å². The summed E-state index contributed by atoms with van der Waals surface area (Å²) in [7, 11) is 0. The number of aromatic nitrogens is 4. The van der Waals surface area contributed by atoms with Gasteiger partial charge < -0.3 is 19.8 Å². The van der Waals surface area contributed by atoms with Gasteiger partial charge in [-0.3, -0.25) is 4.79 Å². The van der Waals surface area contributed by atoms with Crippen LogP contribution in [0, 0.1) is 0 Å². The summed E-state index contributed by atoms with van der Waals surface area (Å²) in [5.41, 5.74) is 0.733. The number of hydrogen-bond acceptors (Lipinski definition) is 8. The van der Waals surface area contributed by atoms with Crippen molar-refractivity contribution in [1.82, 2.24) is 25.1 Å². The number of ether oxygens (including phenoxy) is 1. The summed E-state index contributed by atoms with van der Waals surface area (Å²) in [5.74, 6) is 1.65. The Hall–Kier alpha value is -2.59. The first-order chi connectivity index (χ1) is 13.7. The van der Waals surface area contributed by atoms with Gasteiger partial charge in [-0.05, 0) is 24.8 Å². The fraction of sp³-hybridized carbons (Fsp3) is 0.444. The monoisotopic (exact) mass is 404 g/mol. The van der Waals surface area contributed by atoms with Crippen molar-refractivity contribution in [1.29, 1.82) is 0 Å². The Bertz CT molecular complexity index is 896. The zero-order valence-corrected chi connectivity index (χ0v) is 16.8. The minimum Gasteiger partial charge on any atom is -0.459 e. The van der Waals surface area contributed by atoms with Crippen LogP contribution in [0.5, 0.6) is 0 Å². The highest BCUT2D eigenvalue weighted by Gasteiger charge is 2.14. The molecule has 0 fully saturated rings. The highest BCUT2D eigenvalue weighted by molar-refractivity contribution is 7.99. The Morgan fingerprint density at radius 3 is 2.96 bits per heavy atom. The second-order valence-corrected chi connectivity index (χ2v) is 6.98. The number of furan rings is 1. The number of anilines is 1. The number of nitrogens with zero attached hydrogens (tertiary/aromatic N) is 4. The zero-order chi connectivity index (χ0) is 19.8. The Morgan fingerprint density at radius 2 is 2.21 bits per heavy atom. The van der Waals surface area contributed by atoms with E-state index < -0.39 is 0 Å². The normalized spacial score (nSPS) is 11.1. The summed E-state index contributed by atoms with van der Waals surface area (Å²) in [6, 6.07) is 3.31. The second kappa shape index (κ2) is 10.1. The van der Waals surface area contributed by atoms with Crippen molar-refractivity contribution < 1.29 is 13.9 Å². The van der Waals surface area contributed by atoms with Crippen molar-refractivity contribution in [2.24, 2.45) is 0 Å². The molecule has 2 N–H and O–H groups in total. The molecule has 9 nitrogen and oxygen atoms in total. The lowest BCUT2D eigenvalue weighted by atomic mass is 10.4. The van der Waals surface area contributed by atoms with Crippen LogP contribution in [0.4, 0.5) is 5.82 Å². The number of amides is 1. The van der Waals surface area contributed by atoms with E-state index in [1.807, 2.05) is 6.92 Å². The van der Waals surface area contributed by atoms with Crippen LogP contribution in [0.3, 0.4) is 0 Å². The Morgan fingerprint density at radius 1 is 1.32 bits per heavy atom. The van der Waals surface area contributed by atoms with Crippen LogP contribution in [-0.4, -0.2) is 57.7 Å². The highest BCUT2D eigenvalue weighted by atomic mass is 32.2. The summed E-state index contributed by atoms with van der Waals surface area (Å²) in [6.45, 7) is 6.85. The largest absolute Gasteiger partial charge is 0.459 e. The number of carbonyl (C=O) groups excluding carboxylic acids is 1. The predicted molar refractivity (Wildman–Crippen MR) is 108 cm³/mol. The van der Waals surface area contributed by atoms with Gasteiger partial charge in [0, 0.05) is 19.7 Å². The highest BCUT2D eigenvalue weighted by Crippen LogP contribution is 2.24. The van der Waals surface area contributed by atoms with Gasteiger partial charge in [-0.1, -0.05) is 18.7 Å². The second-order valence-electron chi connectivity index (χ2n) is 5.75. The van der Waals surface area contributed by atoms with Gasteiger partial charge >= 0.3 is 0 Å². The lowest BCUT2D eigenvalue weighted by molar-refractivity contribution is 0.0924. The van der Waals surface area contributed by atoms with E-state index in [0.29, 0.717) is 38.0 Å². The molecule has 10 heteroatoms. The maximum absolute atomic E-state index is 12.0. The van der Waals surface area contributed by atoms with E-state index >= 15 is 0 Å². The molecule has 0 spiro atoms. The molecule has 0 aliphatic rings. The van der Waals surface area contributed by atoms with Crippen LogP contribution in [0.15, 0.2) is 34.2 Å². The molecule has 150 valence electrons. The number of fused-ring (bicyclic) bond motifs is 1. The third-order valence-corrected chi connectivity index (χ3v) is 4.58. The molecule has 0 aliphatic heterocycles. The van der Waals surface area contributed by atoms with Gasteiger partial charge in [0.05, 0.1) is 31.0 Å². The standard InChI is InChI=1S/C18H24N6O3S/c1-3-26-11-8-19-15-13-12-21-24(16(13)23-18(22-15)28-4-2)9-7-20-17(25)14-6-5-10-27-14/h5-6,10,12H,3-4,7-9,11H2,1-2H3,(H,20,25)(H,19,22,23). The molecule has 3 aromatic rings. The number of thioether (sulfide) groups is 1. The molecule has 0 saturated heterocycles. The maximum atomic E-state index is 12.0. The summed E-state index contributed by atoms with van der Waals surface area (Å²) in [6.07, 6.45) is 3.22. The average molecular weight is 404 g/mol. The number of hydrogen-bond donors (Lipinski definition) is 2. The molecule has 3 heterocycles. The van der Waals surface area contributed by atoms with E-state index in [1.54, 1.807) is 34.8 Å². The molecular weight excluding hydrogens is 380 g/mol. The number of rotatable bonds is 11. The van der Waals surface area contributed by atoms with E-state index in [4.69, 9.17) is 9.15 Å². The lowest BCUT2D eigenvalue weighted by Crippen LogP contribution is -2.27. The SMILES string of the molecule is CCOCCNc1nc(SCC)nc2c1cnn2CCNC(=O)c1ccco1. The fourth-order valence-corrected chi connectivity index (χ4v) is 3.15. The van der Waals surface area contributed by atoms with Gasteiger partial charge in [-0.2, -0.15) is 5.10 Å². The summed E-state index contributed by atoms with van der Waals surface area (Å²) in [5, 5.41) is 12.1. The molecule has 0 radical (unpaired) electrons. The molecule has 0 unspecified atom stereocenters. The van der Waals surface area contributed by atoms with Crippen molar-refractivity contribution in [3.8, 4) is 0 Å². The third-order valence-electron chi connectivity index (χ3n) is 3.85. The van der Waals surface area contributed by atoms with Gasteiger partial charge in [0.15, 0.2) is 16.6 Å². The molecule has 0 saturated carbocycles. The Balaban J connectivity index is 1.71. The first-order valence-corrected chi connectivity index (χ1v) is 10.2. The summed E-state index contributed by atoms with van der Waals surface area (Å²) >= 11 is 1.57. The van der Waals surface area contributed by atoms with Crippen molar-refractivity contribution in [2.75, 3.05) is 37.4 Å². The fourth-order valence-electron chi connectivity index (χ4n) is 2.58. The lowest BCUT2D eigenvalue weighted by Gasteiger charge is -2.09. The number of carbonyl (C=O) groups is 1. The van der Waals surface area contributed by atoms with Gasteiger partial charge in [-0.15, -0.1) is 0 Å². The molecule has 0 bridgehead atoms. The average Bonchev–Trinajstić information content (AvgIpc) is 3.36. The van der Waals surface area contributed by atoms with Crippen molar-refractivity contribution in [3.63, 3.8) is 0 Å². The zero-order valence-electron chi connectivity index (χ0n) is 16.0. The number of nitrogens with one attached hydrogen (secondary N) is 2. The van der Waals surface area contributed by atoms with E-state index in [0.717, 1.165) is 22.6 Å². The minimum atomic E-state index is -0.253. The van der Waals surface area contributed by atoms with Crippen LogP contribution in [0.1, 0.15) is 24.4 Å². The van der Waals surface area contributed by atoms with E-state index in [1.165, 1.54) is 6.26 Å². The quantitative estimate of drug-likeness (QED) is 0.285. The first-order valence-electron chi connectivity index (χ1n) is 9.22. The van der Waals surface area contributed by atoms with Crippen LogP contribution < -0.4 is 10.6 Å². The molecule has 0 aliphatic carbocycles. The first kappa shape index (κ1) is 20.2. The summed E-state index contributed by atoms with van der Waals surface area (Å²) < 4.78 is 12.2. The maximum Gasteiger partial charge on any atom is 0.287 e. The van der Waals surface area contributed by atoms with Gasteiger partial charge in [0.1, 0.15) is 5.82 Å². The van der Waals surface area contributed by atoms with Crippen molar-refractivity contribution in [2.45, 2.75) is 25.5 Å². The smallest absolute Gasteiger partial charge is 0.287 e. The van der Waals surface area contributed by atoms with Crippen LogP contribution >= 0.6 is 11.8 Å². The molecule has 1 amide bonds. The van der Waals surface area contributed by atoms with Crippen LogP contribution in [0.2, 0.25) is 0 Å². The topological polar surface area (TPSA) is 107 Å². The third kappa shape index (κ3) is 5.02. The minimum absolute atomic E-state index is 0.253. The molecule has 0 aromatic carbocycles. The van der Waals surface area contributed by atoms with Crippen LogP contribution in [0.25, 0.3) is 11.0 Å².